The van der Waals surface area contributed by atoms with Gasteiger partial charge < -0.3 is 4.90 Å². The lowest BCUT2D eigenvalue weighted by atomic mass is 9.96. The highest BCUT2D eigenvalue weighted by molar-refractivity contribution is 5.81. The summed E-state index contributed by atoms with van der Waals surface area (Å²) in [4.78, 5) is 29.4. The van der Waals surface area contributed by atoms with Gasteiger partial charge in [-0.1, -0.05) is 61.9 Å². The van der Waals surface area contributed by atoms with Crippen LogP contribution in [0.4, 0.5) is 0 Å². The number of aromatic amines is 1. The maximum atomic E-state index is 13.9. The molecule has 1 amide bonds. The maximum Gasteiger partial charge on any atom is 0.270 e. The van der Waals surface area contributed by atoms with Gasteiger partial charge in [-0.2, -0.15) is 0 Å². The van der Waals surface area contributed by atoms with Crippen molar-refractivity contribution in [2.45, 2.75) is 78.3 Å². The number of rotatable bonds is 10. The number of benzene rings is 2. The highest BCUT2D eigenvalue weighted by Gasteiger charge is 2.36. The second-order valence-corrected chi connectivity index (χ2v) is 10.6. The van der Waals surface area contributed by atoms with Crippen molar-refractivity contribution in [3.8, 4) is 22.5 Å². The zero-order valence-corrected chi connectivity index (χ0v) is 23.9. The van der Waals surface area contributed by atoms with Gasteiger partial charge in [-0.25, -0.2) is 9.78 Å². The topological polar surface area (TPSA) is 102 Å². The third-order valence-electron chi connectivity index (χ3n) is 8.19. The molecule has 0 aliphatic carbocycles. The van der Waals surface area contributed by atoms with E-state index >= 15 is 0 Å². The van der Waals surface area contributed by atoms with Gasteiger partial charge >= 0.3 is 0 Å². The summed E-state index contributed by atoms with van der Waals surface area (Å²) in [5.41, 5.74) is 5.97. The number of carbonyl (C=O) groups is 1. The van der Waals surface area contributed by atoms with E-state index in [0.29, 0.717) is 25.3 Å². The maximum absolute atomic E-state index is 13.9. The zero-order chi connectivity index (χ0) is 28.2. The fraction of sp³-hybridized carbons (Fsp3) is 0.452. The van der Waals surface area contributed by atoms with Crippen molar-refractivity contribution in [3.05, 3.63) is 75.7 Å². The molecular formula is C31H39N7O2. The molecule has 40 heavy (non-hydrogen) atoms. The summed E-state index contributed by atoms with van der Waals surface area (Å²) in [6, 6.07) is 16.1. The largest absolute Gasteiger partial charge is 0.341 e. The van der Waals surface area contributed by atoms with Gasteiger partial charge in [0, 0.05) is 36.3 Å². The average molecular weight is 542 g/mol. The summed E-state index contributed by atoms with van der Waals surface area (Å²) in [6.45, 7) is 9.64. The number of nitrogens with one attached hydrogen (secondary N) is 1. The minimum atomic E-state index is -0.325. The van der Waals surface area contributed by atoms with Crippen LogP contribution in [0.1, 0.15) is 82.3 Å². The fourth-order valence-corrected chi connectivity index (χ4v) is 6.00. The number of unbranched alkanes of at least 4 members (excludes halogenated alkanes) is 1. The molecule has 5 rings (SSSR count). The average Bonchev–Trinajstić information content (AvgIpc) is 3.61. The van der Waals surface area contributed by atoms with Crippen LogP contribution in [0.2, 0.25) is 0 Å². The highest BCUT2D eigenvalue weighted by Crippen LogP contribution is 2.33. The molecule has 9 heteroatoms. The number of fused-ring (bicyclic) bond motifs is 1. The van der Waals surface area contributed by atoms with Crippen LogP contribution in [0.5, 0.6) is 0 Å². The standard InChI is InChI=1S/C31H39N7O2/c1-5-8-13-27-26(30(39)37-21(4)14-19-28(38(27)37)31(40)36(6-2)7-3)20-22-15-17-23(18-16-22)24-11-9-10-12-25(24)29-32-34-35-33-29/h9-12,15-18,21,28H,5-8,13-14,19-20H2,1-4H3,(H,32,33,34,35). The molecule has 2 aromatic heterocycles. The number of nitrogens with zero attached hydrogens (tertiary/aromatic N) is 6. The molecule has 9 nitrogen and oxygen atoms in total. The van der Waals surface area contributed by atoms with Crippen molar-refractivity contribution in [1.82, 2.24) is 34.9 Å². The van der Waals surface area contributed by atoms with Crippen molar-refractivity contribution in [2.75, 3.05) is 13.1 Å². The van der Waals surface area contributed by atoms with Crippen LogP contribution in [-0.2, 0) is 17.6 Å². The molecule has 3 heterocycles. The first-order valence-electron chi connectivity index (χ1n) is 14.5. The van der Waals surface area contributed by atoms with Gasteiger partial charge in [0.1, 0.15) is 6.04 Å². The van der Waals surface area contributed by atoms with E-state index in [2.05, 4.69) is 69.5 Å². The predicted octanol–water partition coefficient (Wildman–Crippen LogP) is 5.19. The molecule has 2 atom stereocenters. The predicted molar refractivity (Wildman–Crippen MR) is 156 cm³/mol. The lowest BCUT2D eigenvalue weighted by molar-refractivity contribution is -0.136. The molecule has 0 bridgehead atoms. The Labute approximate surface area is 235 Å². The van der Waals surface area contributed by atoms with Crippen LogP contribution in [0.25, 0.3) is 22.5 Å². The summed E-state index contributed by atoms with van der Waals surface area (Å²) in [5, 5.41) is 14.4. The molecule has 0 saturated heterocycles. The second kappa shape index (κ2) is 12.0. The fourth-order valence-electron chi connectivity index (χ4n) is 6.00. The quantitative estimate of drug-likeness (QED) is 0.298. The van der Waals surface area contributed by atoms with Gasteiger partial charge in [0.05, 0.1) is 6.04 Å². The number of hydrogen-bond donors (Lipinski definition) is 1. The third kappa shape index (κ3) is 5.12. The summed E-state index contributed by atoms with van der Waals surface area (Å²) < 4.78 is 3.96. The van der Waals surface area contributed by atoms with E-state index in [9.17, 15) is 9.59 Å². The monoisotopic (exact) mass is 541 g/mol. The van der Waals surface area contributed by atoms with Gasteiger partial charge in [-0.05, 0) is 73.6 Å². The Kier molecular flexibility index (Phi) is 8.28. The number of hydrogen-bond acceptors (Lipinski definition) is 5. The highest BCUT2D eigenvalue weighted by atomic mass is 16.2. The molecule has 1 aliphatic heterocycles. The van der Waals surface area contributed by atoms with E-state index in [0.717, 1.165) is 65.6 Å². The molecule has 4 aromatic rings. The second-order valence-electron chi connectivity index (χ2n) is 10.6. The third-order valence-corrected chi connectivity index (χ3v) is 8.19. The van der Waals surface area contributed by atoms with E-state index in [1.807, 2.05) is 41.6 Å². The molecule has 1 aliphatic rings. The summed E-state index contributed by atoms with van der Waals surface area (Å²) in [6.07, 6.45) is 4.92. The first-order valence-corrected chi connectivity index (χ1v) is 14.5. The zero-order valence-electron chi connectivity index (χ0n) is 23.9. The van der Waals surface area contributed by atoms with Gasteiger partial charge in [-0.15, -0.1) is 5.10 Å². The Balaban J connectivity index is 1.52. The van der Waals surface area contributed by atoms with Crippen molar-refractivity contribution >= 4 is 5.91 Å². The minimum absolute atomic E-state index is 0.0443. The van der Waals surface area contributed by atoms with Crippen LogP contribution in [0.15, 0.2) is 53.3 Å². The van der Waals surface area contributed by atoms with Crippen LogP contribution in [0, 0.1) is 0 Å². The molecule has 1 N–H and O–H groups in total. The Hall–Kier alpha value is -4.01. The summed E-state index contributed by atoms with van der Waals surface area (Å²) >= 11 is 0. The van der Waals surface area contributed by atoms with Gasteiger partial charge in [0.2, 0.25) is 5.91 Å². The number of aromatic nitrogens is 6. The van der Waals surface area contributed by atoms with Gasteiger partial charge in [-0.3, -0.25) is 14.3 Å². The number of amides is 1. The van der Waals surface area contributed by atoms with E-state index < -0.39 is 0 Å². The molecule has 2 aromatic carbocycles. The first kappa shape index (κ1) is 27.6. The normalized spacial score (nSPS) is 16.6. The lowest BCUT2D eigenvalue weighted by Gasteiger charge is -2.35. The molecule has 0 fully saturated rings. The smallest absolute Gasteiger partial charge is 0.270 e. The van der Waals surface area contributed by atoms with Crippen molar-refractivity contribution in [3.63, 3.8) is 0 Å². The van der Waals surface area contributed by atoms with Crippen molar-refractivity contribution < 1.29 is 4.79 Å². The lowest BCUT2D eigenvalue weighted by Crippen LogP contribution is -2.43. The molecular weight excluding hydrogens is 502 g/mol. The van der Waals surface area contributed by atoms with Crippen molar-refractivity contribution in [2.24, 2.45) is 0 Å². The SMILES string of the molecule is CCCCc1c(Cc2ccc(-c3ccccc3-c3nnn[nH]3)cc2)c(=O)n2n1C(C(=O)N(CC)CC)CCC2C. The Bertz CT molecular complexity index is 1500. The number of likely N-dealkylation sites (N-methyl/N-ethyl adjacent to an activating group) is 1. The summed E-state index contributed by atoms with van der Waals surface area (Å²) in [7, 11) is 0. The number of carbonyl (C=O) groups excluding carboxylic acids is 1. The Morgan fingerprint density at radius 1 is 1.00 bits per heavy atom. The number of H-pyrrole nitrogens is 1. The molecule has 2 unspecified atom stereocenters. The van der Waals surface area contributed by atoms with E-state index in [-0.39, 0.29) is 23.6 Å². The molecule has 0 saturated carbocycles. The Morgan fingerprint density at radius 2 is 1.73 bits per heavy atom. The van der Waals surface area contributed by atoms with Crippen LogP contribution in [-0.4, -0.2) is 53.9 Å². The number of tetrazole rings is 1. The molecule has 0 radical (unpaired) electrons. The van der Waals surface area contributed by atoms with Crippen LogP contribution < -0.4 is 5.56 Å². The van der Waals surface area contributed by atoms with Gasteiger partial charge in [0.15, 0.2) is 5.82 Å². The first-order chi connectivity index (χ1) is 19.5. The van der Waals surface area contributed by atoms with Crippen LogP contribution >= 0.6 is 0 Å². The minimum Gasteiger partial charge on any atom is -0.341 e. The van der Waals surface area contributed by atoms with E-state index in [1.165, 1.54) is 0 Å². The van der Waals surface area contributed by atoms with Gasteiger partial charge in [0.25, 0.3) is 5.56 Å². The van der Waals surface area contributed by atoms with Crippen LogP contribution in [0.3, 0.4) is 0 Å². The van der Waals surface area contributed by atoms with E-state index in [1.54, 1.807) is 0 Å². The molecule has 0 spiro atoms. The summed E-state index contributed by atoms with van der Waals surface area (Å²) in [5.74, 6) is 0.741. The molecule has 210 valence electrons. The van der Waals surface area contributed by atoms with Crippen molar-refractivity contribution in [1.29, 1.82) is 0 Å². The Morgan fingerprint density at radius 3 is 2.38 bits per heavy atom. The van der Waals surface area contributed by atoms with E-state index in [4.69, 9.17) is 0 Å².